The van der Waals surface area contributed by atoms with Gasteiger partial charge in [-0.05, 0) is 48.4 Å². The Bertz CT molecular complexity index is 1090. The molecule has 0 bridgehead atoms. The van der Waals surface area contributed by atoms with Crippen LogP contribution in [0.1, 0.15) is 11.1 Å². The van der Waals surface area contributed by atoms with E-state index >= 15 is 0 Å². The number of benzene rings is 2. The number of nitrogens with one attached hydrogen (secondary N) is 1. The molecule has 0 atom stereocenters. The first-order valence-corrected chi connectivity index (χ1v) is 9.20. The summed E-state index contributed by atoms with van der Waals surface area (Å²) in [6.45, 7) is 1.80. The number of urea groups is 1. The third-order valence-corrected chi connectivity index (χ3v) is 4.80. The van der Waals surface area contributed by atoms with Gasteiger partial charge in [-0.2, -0.15) is 0 Å². The Morgan fingerprint density at radius 1 is 0.839 bits per heavy atom. The molecule has 3 rings (SSSR count). The van der Waals surface area contributed by atoms with E-state index in [0.717, 1.165) is 10.5 Å². The van der Waals surface area contributed by atoms with E-state index in [1.807, 2.05) is 0 Å². The van der Waals surface area contributed by atoms with Gasteiger partial charge in [0.05, 0.1) is 34.1 Å². The van der Waals surface area contributed by atoms with Crippen LogP contribution in [0.5, 0.6) is 23.0 Å². The molecule has 4 amide bonds. The van der Waals surface area contributed by atoms with Crippen molar-refractivity contribution in [3.8, 4) is 23.0 Å². The molecule has 0 unspecified atom stereocenters. The molecule has 1 aliphatic heterocycles. The second kappa shape index (κ2) is 8.78. The summed E-state index contributed by atoms with van der Waals surface area (Å²) in [4.78, 5) is 39.0. The van der Waals surface area contributed by atoms with Gasteiger partial charge in [-0.25, -0.2) is 9.69 Å². The van der Waals surface area contributed by atoms with Gasteiger partial charge in [0.1, 0.15) is 17.1 Å². The van der Waals surface area contributed by atoms with Crippen molar-refractivity contribution in [2.24, 2.45) is 0 Å². The molecule has 2 aromatic carbocycles. The van der Waals surface area contributed by atoms with Crippen LogP contribution in [0.2, 0.25) is 0 Å². The number of carbonyl (C=O) groups excluding carboxylic acids is 3. The molecule has 1 fully saturated rings. The third kappa shape index (κ3) is 4.02. The van der Waals surface area contributed by atoms with Gasteiger partial charge in [0.25, 0.3) is 11.8 Å². The molecule has 1 N–H and O–H groups in total. The summed E-state index contributed by atoms with van der Waals surface area (Å²) in [6, 6.07) is 7.12. The highest BCUT2D eigenvalue weighted by Crippen LogP contribution is 2.35. The van der Waals surface area contributed by atoms with Crippen molar-refractivity contribution in [2.75, 3.05) is 33.3 Å². The van der Waals surface area contributed by atoms with E-state index in [4.69, 9.17) is 18.9 Å². The number of nitrogens with zero attached hydrogens (tertiary/aromatic N) is 1. The number of hydrogen-bond donors (Lipinski definition) is 1. The fourth-order valence-electron chi connectivity index (χ4n) is 3.15. The van der Waals surface area contributed by atoms with Crippen molar-refractivity contribution in [3.63, 3.8) is 0 Å². The average molecular weight is 426 g/mol. The fraction of sp³-hybridized carbons (Fsp3) is 0.227. The minimum atomic E-state index is -0.875. The van der Waals surface area contributed by atoms with Crippen LogP contribution in [0.3, 0.4) is 0 Å². The summed E-state index contributed by atoms with van der Waals surface area (Å²) in [5, 5.41) is 2.20. The normalized spacial score (nSPS) is 15.1. The Kier molecular flexibility index (Phi) is 6.15. The van der Waals surface area contributed by atoms with Crippen molar-refractivity contribution >= 4 is 29.6 Å². The molecule has 1 heterocycles. The van der Waals surface area contributed by atoms with Gasteiger partial charge in [0, 0.05) is 6.07 Å². The first-order valence-electron chi connectivity index (χ1n) is 9.20. The van der Waals surface area contributed by atoms with E-state index < -0.39 is 17.8 Å². The van der Waals surface area contributed by atoms with E-state index in [1.54, 1.807) is 25.1 Å². The van der Waals surface area contributed by atoms with E-state index in [-0.39, 0.29) is 17.0 Å². The summed E-state index contributed by atoms with van der Waals surface area (Å²) >= 11 is 0. The highest BCUT2D eigenvalue weighted by Gasteiger charge is 2.38. The Morgan fingerprint density at radius 2 is 1.48 bits per heavy atom. The Morgan fingerprint density at radius 3 is 2.10 bits per heavy atom. The summed E-state index contributed by atoms with van der Waals surface area (Å²) in [6.07, 6.45) is 1.41. The molecule has 9 heteroatoms. The summed E-state index contributed by atoms with van der Waals surface area (Å²) in [5.41, 5.74) is 1.27. The van der Waals surface area contributed by atoms with Crippen molar-refractivity contribution < 1.29 is 33.3 Å². The predicted octanol–water partition coefficient (Wildman–Crippen LogP) is 2.70. The summed E-state index contributed by atoms with van der Waals surface area (Å²) < 4.78 is 21.0. The molecule has 0 saturated carbocycles. The second-order valence-corrected chi connectivity index (χ2v) is 6.56. The van der Waals surface area contributed by atoms with Gasteiger partial charge >= 0.3 is 6.03 Å². The molecular formula is C22H22N2O7. The number of barbiturate groups is 1. The van der Waals surface area contributed by atoms with Crippen molar-refractivity contribution in [1.82, 2.24) is 5.32 Å². The van der Waals surface area contributed by atoms with Gasteiger partial charge in [0.2, 0.25) is 0 Å². The highest BCUT2D eigenvalue weighted by molar-refractivity contribution is 6.39. The minimum Gasteiger partial charge on any atom is -0.497 e. The van der Waals surface area contributed by atoms with Crippen LogP contribution < -0.4 is 29.2 Å². The molecular weight excluding hydrogens is 404 g/mol. The number of hydrogen-bond acceptors (Lipinski definition) is 7. The maximum Gasteiger partial charge on any atom is 0.336 e. The topological polar surface area (TPSA) is 103 Å². The van der Waals surface area contributed by atoms with E-state index in [2.05, 4.69) is 5.32 Å². The quantitative estimate of drug-likeness (QED) is 0.559. The van der Waals surface area contributed by atoms with Crippen LogP contribution in [-0.2, 0) is 9.59 Å². The Hall–Kier alpha value is -4.01. The number of imide groups is 2. The first-order chi connectivity index (χ1) is 14.8. The van der Waals surface area contributed by atoms with Gasteiger partial charge < -0.3 is 18.9 Å². The van der Waals surface area contributed by atoms with Gasteiger partial charge in [-0.1, -0.05) is 0 Å². The Labute approximate surface area is 179 Å². The number of aryl methyl sites for hydroxylation is 1. The van der Waals surface area contributed by atoms with Gasteiger partial charge in [-0.15, -0.1) is 0 Å². The second-order valence-electron chi connectivity index (χ2n) is 6.56. The Balaban J connectivity index is 2.09. The van der Waals surface area contributed by atoms with Crippen LogP contribution >= 0.6 is 0 Å². The lowest BCUT2D eigenvalue weighted by atomic mass is 10.0. The third-order valence-electron chi connectivity index (χ3n) is 4.80. The van der Waals surface area contributed by atoms with Crippen LogP contribution in [-0.4, -0.2) is 46.3 Å². The zero-order chi connectivity index (χ0) is 22.7. The molecule has 162 valence electrons. The highest BCUT2D eigenvalue weighted by atomic mass is 16.5. The SMILES string of the molecule is COc1ccc(N2C(=O)NC(=O)/C(=C/c3cc(OC)c(OC)cc3C)C2=O)c(OC)c1. The molecule has 31 heavy (non-hydrogen) atoms. The van der Waals surface area contributed by atoms with Crippen LogP contribution in [0.25, 0.3) is 6.08 Å². The molecule has 1 saturated heterocycles. The summed E-state index contributed by atoms with van der Waals surface area (Å²) in [5.74, 6) is 0.0890. The zero-order valence-electron chi connectivity index (χ0n) is 17.8. The molecule has 2 aromatic rings. The molecule has 0 radical (unpaired) electrons. The molecule has 9 nitrogen and oxygen atoms in total. The van der Waals surface area contributed by atoms with Crippen LogP contribution in [0.4, 0.5) is 10.5 Å². The lowest BCUT2D eigenvalue weighted by molar-refractivity contribution is -0.122. The maximum absolute atomic E-state index is 13.2. The van der Waals surface area contributed by atoms with E-state index in [1.165, 1.54) is 46.6 Å². The van der Waals surface area contributed by atoms with Gasteiger partial charge in [0.15, 0.2) is 11.5 Å². The lowest BCUT2D eigenvalue weighted by Crippen LogP contribution is -2.54. The van der Waals surface area contributed by atoms with E-state index in [0.29, 0.717) is 22.8 Å². The number of carbonyl (C=O) groups is 3. The number of amides is 4. The number of rotatable bonds is 6. The number of anilines is 1. The largest absolute Gasteiger partial charge is 0.497 e. The van der Waals surface area contributed by atoms with Crippen LogP contribution in [0, 0.1) is 6.92 Å². The smallest absolute Gasteiger partial charge is 0.336 e. The first kappa shape index (κ1) is 21.7. The van der Waals surface area contributed by atoms with Crippen molar-refractivity contribution in [3.05, 3.63) is 47.0 Å². The molecule has 0 spiro atoms. The van der Waals surface area contributed by atoms with Crippen LogP contribution in [0.15, 0.2) is 35.9 Å². The van der Waals surface area contributed by atoms with Gasteiger partial charge in [-0.3, -0.25) is 14.9 Å². The molecule has 0 aliphatic carbocycles. The van der Waals surface area contributed by atoms with E-state index in [9.17, 15) is 14.4 Å². The monoisotopic (exact) mass is 426 g/mol. The summed E-state index contributed by atoms with van der Waals surface area (Å²) in [7, 11) is 5.88. The minimum absolute atomic E-state index is 0.174. The molecule has 0 aromatic heterocycles. The number of methoxy groups -OCH3 is 4. The average Bonchev–Trinajstić information content (AvgIpc) is 2.77. The predicted molar refractivity (Wildman–Crippen MR) is 113 cm³/mol. The van der Waals surface area contributed by atoms with Crippen molar-refractivity contribution in [2.45, 2.75) is 6.92 Å². The lowest BCUT2D eigenvalue weighted by Gasteiger charge is -2.27. The zero-order valence-corrected chi connectivity index (χ0v) is 17.8. The standard InChI is InChI=1S/C22H22N2O7/c1-12-8-18(30-4)19(31-5)10-13(12)9-15-20(25)23-22(27)24(21(15)26)16-7-6-14(28-2)11-17(16)29-3/h6-11H,1-5H3,(H,23,25,27)/b15-9-. The fourth-order valence-corrected chi connectivity index (χ4v) is 3.15. The van der Waals surface area contributed by atoms with Crippen molar-refractivity contribution in [1.29, 1.82) is 0 Å². The maximum atomic E-state index is 13.2. The molecule has 1 aliphatic rings. The number of ether oxygens (including phenoxy) is 4.